The van der Waals surface area contributed by atoms with Crippen LogP contribution in [0.25, 0.3) is 0 Å². The Kier molecular flexibility index (Phi) is 9.71. The number of hydrogen-bond donors (Lipinski definition) is 0. The van der Waals surface area contributed by atoms with Gasteiger partial charge in [0.1, 0.15) is 11.4 Å². The van der Waals surface area contributed by atoms with Gasteiger partial charge in [-0.15, -0.1) is 6.58 Å². The molecule has 2 bridgehead atoms. The Morgan fingerprint density at radius 2 is 1.73 bits per heavy atom. The molecule has 1 aromatic carbocycles. The lowest BCUT2D eigenvalue weighted by molar-refractivity contribution is -0.152. The van der Waals surface area contributed by atoms with Gasteiger partial charge in [0.15, 0.2) is 8.32 Å². The molecule has 0 saturated heterocycles. The largest absolute Gasteiger partial charge is 0.497 e. The summed E-state index contributed by atoms with van der Waals surface area (Å²) in [6, 6.07) is 11.6. The predicted octanol–water partition coefficient (Wildman–Crippen LogP) is 8.11. The Bertz CT molecular complexity index is 940. The average Bonchev–Trinajstić information content (AvgIpc) is 3.27. The molecule has 0 unspecified atom stereocenters. The summed E-state index contributed by atoms with van der Waals surface area (Å²) in [7, 11) is 1.92. The first kappa shape index (κ1) is 29.9. The monoisotopic (exact) mass is 526 g/mol. The highest BCUT2D eigenvalue weighted by Gasteiger charge is 2.75. The molecule has 4 nitrogen and oxygen atoms in total. The van der Waals surface area contributed by atoms with Crippen molar-refractivity contribution in [2.24, 2.45) is 16.7 Å². The molecule has 0 N–H and O–H groups in total. The first-order valence-corrected chi connectivity index (χ1v) is 16.6. The standard InChI is InChI=1S/C32H50O4Si/c1-10-31-21-19-28(30(31,6)7)29(35-24-26-14-16-27(33-8)17-15-26)32(31,34-9)22-18-25(5)20-23-36-37(11-2,12-3)13-4/h10,14-18,22,28-29H,1,5,11-13,19-21,23-24H2,2-4,6-9H3/b22-18-/t28-,29+,31-,32+/m0/s1. The van der Waals surface area contributed by atoms with Crippen molar-refractivity contribution in [2.45, 2.75) is 90.3 Å². The van der Waals surface area contributed by atoms with E-state index in [1.54, 1.807) is 7.11 Å². The SMILES string of the molecule is C=C[C@@]12CC[C@@H]([C@@H](OCc3ccc(OC)cc3)[C@@]1(/C=C\C(=C)CCO[Si](CC)(CC)CC)OC)C2(C)C. The summed E-state index contributed by atoms with van der Waals surface area (Å²) in [5, 5.41) is 0. The lowest BCUT2D eigenvalue weighted by atomic mass is 9.62. The molecule has 2 aliphatic carbocycles. The van der Waals surface area contributed by atoms with Crippen LogP contribution in [0.3, 0.4) is 0 Å². The van der Waals surface area contributed by atoms with Gasteiger partial charge in [0.2, 0.25) is 0 Å². The van der Waals surface area contributed by atoms with E-state index in [-0.39, 0.29) is 16.9 Å². The van der Waals surface area contributed by atoms with E-state index in [0.717, 1.165) is 42.8 Å². The third-order valence-corrected chi connectivity index (χ3v) is 14.7. The van der Waals surface area contributed by atoms with Gasteiger partial charge >= 0.3 is 0 Å². The average molecular weight is 527 g/mol. The van der Waals surface area contributed by atoms with E-state index in [2.05, 4.69) is 78.1 Å². The molecule has 0 aromatic heterocycles. The molecule has 0 aliphatic heterocycles. The first-order chi connectivity index (χ1) is 17.6. The van der Waals surface area contributed by atoms with Crippen LogP contribution < -0.4 is 4.74 Å². The second-order valence-corrected chi connectivity index (χ2v) is 16.2. The van der Waals surface area contributed by atoms with Crippen LogP contribution in [0.15, 0.2) is 61.2 Å². The molecule has 0 radical (unpaired) electrons. The first-order valence-electron chi connectivity index (χ1n) is 14.1. The molecule has 2 fully saturated rings. The second kappa shape index (κ2) is 12.0. The fourth-order valence-electron chi connectivity index (χ4n) is 7.24. The van der Waals surface area contributed by atoms with E-state index in [1.807, 2.05) is 19.2 Å². The van der Waals surface area contributed by atoms with E-state index < -0.39 is 13.9 Å². The number of methoxy groups -OCH3 is 2. The van der Waals surface area contributed by atoms with Crippen molar-refractivity contribution in [3.63, 3.8) is 0 Å². The zero-order chi connectivity index (χ0) is 27.3. The van der Waals surface area contributed by atoms with Crippen molar-refractivity contribution in [1.29, 1.82) is 0 Å². The van der Waals surface area contributed by atoms with E-state index in [9.17, 15) is 0 Å². The van der Waals surface area contributed by atoms with Crippen LogP contribution in [0.1, 0.15) is 59.4 Å². The van der Waals surface area contributed by atoms with Gasteiger partial charge in [-0.2, -0.15) is 0 Å². The molecular formula is C32H50O4Si. The Balaban J connectivity index is 1.82. The summed E-state index contributed by atoms with van der Waals surface area (Å²) < 4.78 is 25.0. The maximum atomic E-state index is 6.75. The maximum Gasteiger partial charge on any atom is 0.191 e. The van der Waals surface area contributed by atoms with Crippen LogP contribution in [0.4, 0.5) is 0 Å². The Hall–Kier alpha value is -1.66. The number of ether oxygens (including phenoxy) is 3. The third kappa shape index (κ3) is 5.17. The lowest BCUT2D eigenvalue weighted by Crippen LogP contribution is -2.55. The molecule has 206 valence electrons. The summed E-state index contributed by atoms with van der Waals surface area (Å²) in [4.78, 5) is 0. The van der Waals surface area contributed by atoms with Crippen LogP contribution in [0.2, 0.25) is 18.1 Å². The van der Waals surface area contributed by atoms with Crippen molar-refractivity contribution in [3.8, 4) is 5.75 Å². The highest BCUT2D eigenvalue weighted by atomic mass is 28.4. The fraction of sp³-hybridized carbons (Fsp3) is 0.625. The number of rotatable bonds is 15. The zero-order valence-corrected chi connectivity index (χ0v) is 25.4. The number of fused-ring (bicyclic) bond motifs is 2. The van der Waals surface area contributed by atoms with Gasteiger partial charge in [0.05, 0.1) is 19.8 Å². The molecule has 4 atom stereocenters. The summed E-state index contributed by atoms with van der Waals surface area (Å²) >= 11 is 0. The topological polar surface area (TPSA) is 36.9 Å². The number of benzene rings is 1. The zero-order valence-electron chi connectivity index (χ0n) is 24.4. The number of allylic oxidation sites excluding steroid dienone is 1. The van der Waals surface area contributed by atoms with Gasteiger partial charge in [-0.25, -0.2) is 0 Å². The molecule has 0 amide bonds. The molecule has 5 heteroatoms. The van der Waals surface area contributed by atoms with Gasteiger partial charge in [-0.3, -0.25) is 0 Å². The van der Waals surface area contributed by atoms with Crippen molar-refractivity contribution >= 4 is 8.32 Å². The Morgan fingerprint density at radius 1 is 1.08 bits per heavy atom. The molecule has 0 spiro atoms. The van der Waals surface area contributed by atoms with Crippen LogP contribution in [0, 0.1) is 16.7 Å². The minimum atomic E-state index is -1.59. The molecule has 37 heavy (non-hydrogen) atoms. The lowest BCUT2D eigenvalue weighted by Gasteiger charge is -2.48. The van der Waals surface area contributed by atoms with Gasteiger partial charge in [0, 0.05) is 19.1 Å². The second-order valence-electron chi connectivity index (χ2n) is 11.5. The summed E-state index contributed by atoms with van der Waals surface area (Å²) in [6.45, 7) is 21.5. The minimum absolute atomic E-state index is 0.00129. The summed E-state index contributed by atoms with van der Waals surface area (Å²) in [5.41, 5.74) is 1.37. The van der Waals surface area contributed by atoms with Crippen molar-refractivity contribution in [2.75, 3.05) is 20.8 Å². The van der Waals surface area contributed by atoms with Crippen LogP contribution >= 0.6 is 0 Å². The van der Waals surface area contributed by atoms with Crippen molar-refractivity contribution in [3.05, 3.63) is 66.8 Å². The summed E-state index contributed by atoms with van der Waals surface area (Å²) in [5.74, 6) is 1.22. The minimum Gasteiger partial charge on any atom is -0.497 e. The number of hydrogen-bond acceptors (Lipinski definition) is 4. The van der Waals surface area contributed by atoms with Crippen LogP contribution in [0.5, 0.6) is 5.75 Å². The quantitative estimate of drug-likeness (QED) is 0.131. The highest BCUT2D eigenvalue weighted by molar-refractivity contribution is 6.73. The molecule has 1 aromatic rings. The van der Waals surface area contributed by atoms with Gasteiger partial charge in [-0.1, -0.05) is 71.1 Å². The van der Waals surface area contributed by atoms with E-state index in [0.29, 0.717) is 12.5 Å². The van der Waals surface area contributed by atoms with Crippen molar-refractivity contribution in [1.82, 2.24) is 0 Å². The summed E-state index contributed by atoms with van der Waals surface area (Å²) in [6.07, 6.45) is 9.44. The molecule has 3 rings (SSSR count). The van der Waals surface area contributed by atoms with Gasteiger partial charge in [-0.05, 0) is 72.5 Å². The van der Waals surface area contributed by atoms with E-state index in [1.165, 1.54) is 18.1 Å². The highest BCUT2D eigenvalue weighted by Crippen LogP contribution is 2.72. The van der Waals surface area contributed by atoms with Crippen LogP contribution in [-0.2, 0) is 20.5 Å². The Morgan fingerprint density at radius 3 is 2.27 bits per heavy atom. The van der Waals surface area contributed by atoms with Crippen LogP contribution in [-0.4, -0.2) is 40.8 Å². The van der Waals surface area contributed by atoms with E-state index in [4.69, 9.17) is 18.6 Å². The Labute approximate surface area is 227 Å². The fourth-order valence-corrected chi connectivity index (χ4v) is 9.89. The third-order valence-electron chi connectivity index (χ3n) is 10.0. The normalized spacial score (nSPS) is 28.6. The van der Waals surface area contributed by atoms with Crippen molar-refractivity contribution < 1.29 is 18.6 Å². The smallest absolute Gasteiger partial charge is 0.191 e. The molecule has 2 saturated carbocycles. The molecule has 0 heterocycles. The molecular weight excluding hydrogens is 476 g/mol. The van der Waals surface area contributed by atoms with Gasteiger partial charge in [0.25, 0.3) is 0 Å². The predicted molar refractivity (Wildman–Crippen MR) is 156 cm³/mol. The van der Waals surface area contributed by atoms with Gasteiger partial charge < -0.3 is 18.6 Å². The maximum absolute atomic E-state index is 6.75. The van der Waals surface area contributed by atoms with E-state index >= 15 is 0 Å². The molecule has 2 aliphatic rings.